The van der Waals surface area contributed by atoms with Gasteiger partial charge in [0.05, 0.1) is 22.1 Å². The fraction of sp³-hybridized carbons (Fsp3) is 0.438. The van der Waals surface area contributed by atoms with E-state index in [9.17, 15) is 12.8 Å². The van der Waals surface area contributed by atoms with Crippen LogP contribution >= 0.6 is 0 Å². The van der Waals surface area contributed by atoms with Crippen LogP contribution < -0.4 is 0 Å². The lowest BCUT2D eigenvalue weighted by molar-refractivity contribution is 0.506. The Morgan fingerprint density at radius 1 is 1.33 bits per heavy atom. The van der Waals surface area contributed by atoms with Gasteiger partial charge >= 0.3 is 0 Å². The first-order valence-electron chi connectivity index (χ1n) is 7.11. The fourth-order valence-electron chi connectivity index (χ4n) is 3.28. The highest BCUT2D eigenvalue weighted by atomic mass is 32.2. The summed E-state index contributed by atoms with van der Waals surface area (Å²) in [6, 6.07) is 6.36. The topological polar surface area (TPSA) is 57.9 Å². The van der Waals surface area contributed by atoms with Gasteiger partial charge in [-0.25, -0.2) is 12.8 Å². The van der Waals surface area contributed by atoms with Gasteiger partial charge in [-0.1, -0.05) is 24.1 Å². The van der Waals surface area contributed by atoms with Gasteiger partial charge in [0.2, 0.25) is 0 Å². The van der Waals surface area contributed by atoms with Crippen molar-refractivity contribution in [3.63, 3.8) is 0 Å². The molecular weight excluding hydrogens is 289 g/mol. The van der Waals surface area contributed by atoms with E-state index in [2.05, 4.69) is 0 Å². The number of nitrogens with zero attached hydrogens (tertiary/aromatic N) is 1. The molecular formula is C16H16FNO2S. The van der Waals surface area contributed by atoms with Gasteiger partial charge < -0.3 is 0 Å². The first-order chi connectivity index (χ1) is 10.0. The third-order valence-electron chi connectivity index (χ3n) is 4.41. The maximum Gasteiger partial charge on any atom is 0.159 e. The summed E-state index contributed by atoms with van der Waals surface area (Å²) in [4.78, 5) is 0. The quantitative estimate of drug-likeness (QED) is 0.789. The van der Waals surface area contributed by atoms with Crippen LogP contribution in [0.3, 0.4) is 0 Å². The Morgan fingerprint density at radius 2 is 2.14 bits per heavy atom. The molecule has 2 heterocycles. The third-order valence-corrected chi connectivity index (χ3v) is 6.96. The van der Waals surface area contributed by atoms with Crippen molar-refractivity contribution in [3.8, 4) is 6.07 Å². The molecule has 0 amide bonds. The molecule has 2 aliphatic rings. The summed E-state index contributed by atoms with van der Waals surface area (Å²) < 4.78 is 38.3. The van der Waals surface area contributed by atoms with Crippen molar-refractivity contribution >= 4 is 9.84 Å². The predicted octanol–water partition coefficient (Wildman–Crippen LogP) is 2.91. The molecule has 0 saturated carbocycles. The Kier molecular flexibility index (Phi) is 3.58. The highest BCUT2D eigenvalue weighted by Gasteiger charge is 2.40. The van der Waals surface area contributed by atoms with Crippen LogP contribution in [0.15, 0.2) is 29.8 Å². The number of nitriles is 1. The number of hydrogen-bond acceptors (Lipinski definition) is 3. The Balaban J connectivity index is 1.87. The molecule has 0 aliphatic carbocycles. The van der Waals surface area contributed by atoms with E-state index in [0.29, 0.717) is 36.8 Å². The van der Waals surface area contributed by atoms with E-state index in [1.165, 1.54) is 6.07 Å². The summed E-state index contributed by atoms with van der Waals surface area (Å²) in [5.41, 5.74) is 1.83. The van der Waals surface area contributed by atoms with Crippen LogP contribution in [0.5, 0.6) is 0 Å². The standard InChI is InChI=1S/C16H16FNO2S/c17-16-9-11(10-18)4-5-13(16)6-12-7-14-2-1-3-15(8-12)21(14,19)20/h4-5,7,9,14-15H,1-3,6,8H2. The largest absolute Gasteiger partial charge is 0.228 e. The minimum atomic E-state index is -3.02. The average Bonchev–Trinajstić information content (AvgIpc) is 2.41. The summed E-state index contributed by atoms with van der Waals surface area (Å²) in [6.07, 6.45) is 5.11. The van der Waals surface area contributed by atoms with Crippen molar-refractivity contribution in [2.75, 3.05) is 0 Å². The first kappa shape index (κ1) is 14.3. The van der Waals surface area contributed by atoms with Crippen LogP contribution in [-0.4, -0.2) is 18.9 Å². The van der Waals surface area contributed by atoms with Crippen LogP contribution in [0.4, 0.5) is 4.39 Å². The summed E-state index contributed by atoms with van der Waals surface area (Å²) in [6.45, 7) is 0. The number of hydrogen-bond donors (Lipinski definition) is 0. The summed E-state index contributed by atoms with van der Waals surface area (Å²) in [7, 11) is -3.02. The van der Waals surface area contributed by atoms with Crippen molar-refractivity contribution < 1.29 is 12.8 Å². The minimum absolute atomic E-state index is 0.294. The number of fused-ring (bicyclic) bond motifs is 2. The van der Waals surface area contributed by atoms with Crippen LogP contribution in [-0.2, 0) is 16.3 Å². The lowest BCUT2D eigenvalue weighted by Gasteiger charge is -2.33. The van der Waals surface area contributed by atoms with E-state index in [0.717, 1.165) is 12.0 Å². The SMILES string of the molecule is N#Cc1ccc(CC2=CC3CCCC(C2)S3(=O)=O)c(F)c1. The van der Waals surface area contributed by atoms with Crippen molar-refractivity contribution in [1.29, 1.82) is 5.26 Å². The van der Waals surface area contributed by atoms with Gasteiger partial charge in [-0.2, -0.15) is 5.26 Å². The number of benzene rings is 1. The second kappa shape index (κ2) is 5.27. The maximum atomic E-state index is 13.9. The number of allylic oxidation sites excluding steroid dienone is 1. The molecule has 1 saturated heterocycles. The van der Waals surface area contributed by atoms with Crippen molar-refractivity contribution in [1.82, 2.24) is 0 Å². The van der Waals surface area contributed by atoms with Gasteiger partial charge in [-0.3, -0.25) is 0 Å². The van der Waals surface area contributed by atoms with E-state index >= 15 is 0 Å². The molecule has 3 nitrogen and oxygen atoms in total. The zero-order valence-electron chi connectivity index (χ0n) is 11.5. The van der Waals surface area contributed by atoms with E-state index in [-0.39, 0.29) is 10.5 Å². The monoisotopic (exact) mass is 305 g/mol. The molecule has 3 rings (SSSR count). The van der Waals surface area contributed by atoms with Crippen molar-refractivity contribution in [3.05, 3.63) is 46.8 Å². The molecule has 21 heavy (non-hydrogen) atoms. The Bertz CT molecular complexity index is 746. The zero-order chi connectivity index (χ0) is 15.0. The molecule has 0 spiro atoms. The Labute approximate surface area is 124 Å². The smallest absolute Gasteiger partial charge is 0.159 e. The minimum Gasteiger partial charge on any atom is -0.228 e. The predicted molar refractivity (Wildman–Crippen MR) is 77.9 cm³/mol. The Morgan fingerprint density at radius 3 is 2.81 bits per heavy atom. The van der Waals surface area contributed by atoms with Crippen LogP contribution in [0.25, 0.3) is 0 Å². The fourth-order valence-corrected chi connectivity index (χ4v) is 5.59. The number of halogens is 1. The third kappa shape index (κ3) is 2.60. The number of sulfone groups is 1. The highest BCUT2D eigenvalue weighted by molar-refractivity contribution is 7.92. The second-order valence-electron chi connectivity index (χ2n) is 5.80. The van der Waals surface area contributed by atoms with Crippen LogP contribution in [0.1, 0.15) is 36.8 Å². The van der Waals surface area contributed by atoms with Gasteiger partial charge in [-0.15, -0.1) is 0 Å². The summed E-state index contributed by atoms with van der Waals surface area (Å²) >= 11 is 0. The van der Waals surface area contributed by atoms with Gasteiger partial charge in [-0.05, 0) is 43.4 Å². The molecule has 5 heteroatoms. The van der Waals surface area contributed by atoms with Crippen molar-refractivity contribution in [2.24, 2.45) is 0 Å². The van der Waals surface area contributed by atoms with Crippen LogP contribution in [0.2, 0.25) is 0 Å². The molecule has 0 N–H and O–H groups in total. The van der Waals surface area contributed by atoms with Gasteiger partial charge in [0.1, 0.15) is 5.82 Å². The molecule has 2 atom stereocenters. The molecule has 1 aromatic rings. The number of rotatable bonds is 2. The second-order valence-corrected chi connectivity index (χ2v) is 8.25. The van der Waals surface area contributed by atoms with Gasteiger partial charge in [0.15, 0.2) is 9.84 Å². The molecule has 0 radical (unpaired) electrons. The van der Waals surface area contributed by atoms with E-state index in [1.54, 1.807) is 12.1 Å². The molecule has 1 fully saturated rings. The van der Waals surface area contributed by atoms with E-state index < -0.39 is 15.7 Å². The lowest BCUT2D eigenvalue weighted by Crippen LogP contribution is -2.39. The lowest BCUT2D eigenvalue weighted by atomic mass is 9.93. The molecule has 2 bridgehead atoms. The Hall–Kier alpha value is -1.67. The molecule has 110 valence electrons. The summed E-state index contributed by atoms with van der Waals surface area (Å²) in [5, 5.41) is 8.06. The average molecular weight is 305 g/mol. The van der Waals surface area contributed by atoms with E-state index in [1.807, 2.05) is 12.1 Å². The van der Waals surface area contributed by atoms with E-state index in [4.69, 9.17) is 5.26 Å². The molecule has 1 aromatic carbocycles. The molecule has 2 unspecified atom stereocenters. The van der Waals surface area contributed by atoms with Crippen LogP contribution in [0, 0.1) is 17.1 Å². The first-order valence-corrected chi connectivity index (χ1v) is 8.72. The highest BCUT2D eigenvalue weighted by Crippen LogP contribution is 2.36. The van der Waals surface area contributed by atoms with Gasteiger partial charge in [0, 0.05) is 0 Å². The van der Waals surface area contributed by atoms with Gasteiger partial charge in [0.25, 0.3) is 0 Å². The zero-order valence-corrected chi connectivity index (χ0v) is 12.4. The molecule has 0 aromatic heterocycles. The van der Waals surface area contributed by atoms with Crippen molar-refractivity contribution in [2.45, 2.75) is 42.6 Å². The summed E-state index contributed by atoms with van der Waals surface area (Å²) in [5.74, 6) is -0.395. The molecule has 2 aliphatic heterocycles. The normalized spacial score (nSPS) is 26.8. The maximum absolute atomic E-state index is 13.9.